The van der Waals surface area contributed by atoms with E-state index in [-0.39, 0.29) is 5.56 Å². The van der Waals surface area contributed by atoms with Crippen molar-refractivity contribution >= 4 is 5.97 Å². The molecule has 5 heteroatoms. The predicted octanol–water partition coefficient (Wildman–Crippen LogP) is 1.12. The number of rotatable bonds is 3. The Kier molecular flexibility index (Phi) is 2.77. The molecule has 0 atom stereocenters. The summed E-state index contributed by atoms with van der Waals surface area (Å²) < 4.78 is 0. The quantitative estimate of drug-likeness (QED) is 0.802. The van der Waals surface area contributed by atoms with Crippen LogP contribution in [0, 0.1) is 12.8 Å². The molecule has 0 radical (unpaired) electrons. The van der Waals surface area contributed by atoms with Gasteiger partial charge in [0.2, 0.25) is 0 Å². The molecule has 1 aromatic rings. The van der Waals surface area contributed by atoms with Crippen molar-refractivity contribution in [2.75, 3.05) is 0 Å². The average Bonchev–Trinajstić information content (AvgIpc) is 2.09. The van der Waals surface area contributed by atoms with Crippen LogP contribution in [0.1, 0.15) is 41.1 Å². The van der Waals surface area contributed by atoms with Crippen LogP contribution in [0.2, 0.25) is 0 Å². The van der Waals surface area contributed by atoms with Gasteiger partial charge < -0.3 is 10.1 Å². The maximum Gasteiger partial charge on any atom is 0.343 e. The van der Waals surface area contributed by atoms with Crippen molar-refractivity contribution in [3.63, 3.8) is 0 Å². The zero-order chi connectivity index (χ0) is 11.7. The van der Waals surface area contributed by atoms with E-state index in [0.717, 1.165) is 6.42 Å². The van der Waals surface area contributed by atoms with E-state index in [2.05, 4.69) is 9.97 Å². The van der Waals surface area contributed by atoms with E-state index in [1.54, 1.807) is 6.92 Å². The Bertz CT molecular complexity index is 475. The summed E-state index contributed by atoms with van der Waals surface area (Å²) in [4.78, 5) is 29.0. The third-order valence-electron chi connectivity index (χ3n) is 3.07. The van der Waals surface area contributed by atoms with Crippen molar-refractivity contribution in [3.8, 4) is 0 Å². The van der Waals surface area contributed by atoms with E-state index in [9.17, 15) is 9.59 Å². The first-order valence-electron chi connectivity index (χ1n) is 5.41. The number of aryl methyl sites for hydroxylation is 1. The van der Waals surface area contributed by atoms with Crippen LogP contribution in [0.4, 0.5) is 0 Å². The number of aromatic carboxylic acids is 1. The Hall–Kier alpha value is -1.65. The zero-order valence-electron chi connectivity index (χ0n) is 9.12. The summed E-state index contributed by atoms with van der Waals surface area (Å²) >= 11 is 0. The van der Waals surface area contributed by atoms with E-state index >= 15 is 0 Å². The third-order valence-corrected chi connectivity index (χ3v) is 3.07. The molecule has 2 N–H and O–H groups in total. The van der Waals surface area contributed by atoms with Crippen LogP contribution in [0.3, 0.4) is 0 Å². The number of aromatic amines is 1. The van der Waals surface area contributed by atoms with Crippen LogP contribution >= 0.6 is 0 Å². The maximum atomic E-state index is 11.5. The highest BCUT2D eigenvalue weighted by Crippen LogP contribution is 2.28. The monoisotopic (exact) mass is 222 g/mol. The Morgan fingerprint density at radius 3 is 2.69 bits per heavy atom. The number of aromatic nitrogens is 2. The third kappa shape index (κ3) is 1.98. The zero-order valence-corrected chi connectivity index (χ0v) is 9.12. The SMILES string of the molecule is Cc1nc(CC2CCC2)[nH]c(=O)c1C(=O)O. The highest BCUT2D eigenvalue weighted by molar-refractivity contribution is 5.88. The lowest BCUT2D eigenvalue weighted by Crippen LogP contribution is -2.25. The Morgan fingerprint density at radius 2 is 2.25 bits per heavy atom. The number of hydrogen-bond acceptors (Lipinski definition) is 3. The molecule has 1 aliphatic rings. The van der Waals surface area contributed by atoms with E-state index in [0.29, 0.717) is 17.4 Å². The largest absolute Gasteiger partial charge is 0.477 e. The number of hydrogen-bond donors (Lipinski definition) is 2. The van der Waals surface area contributed by atoms with Crippen molar-refractivity contribution in [1.29, 1.82) is 0 Å². The van der Waals surface area contributed by atoms with Gasteiger partial charge >= 0.3 is 5.97 Å². The van der Waals surface area contributed by atoms with Crippen molar-refractivity contribution in [3.05, 3.63) is 27.4 Å². The Balaban J connectivity index is 2.29. The van der Waals surface area contributed by atoms with Gasteiger partial charge in [0, 0.05) is 6.42 Å². The standard InChI is InChI=1S/C11H14N2O3/c1-6-9(11(15)16)10(14)13-8(12-6)5-7-3-2-4-7/h7H,2-5H2,1H3,(H,15,16)(H,12,13,14). The van der Waals surface area contributed by atoms with Gasteiger partial charge in [0.05, 0.1) is 5.69 Å². The number of H-pyrrole nitrogens is 1. The van der Waals surface area contributed by atoms with Gasteiger partial charge in [-0.3, -0.25) is 4.79 Å². The first-order valence-corrected chi connectivity index (χ1v) is 5.41. The summed E-state index contributed by atoms with van der Waals surface area (Å²) in [6.07, 6.45) is 4.32. The fourth-order valence-electron chi connectivity index (χ4n) is 1.96. The van der Waals surface area contributed by atoms with Crippen LogP contribution in [-0.2, 0) is 6.42 Å². The lowest BCUT2D eigenvalue weighted by Gasteiger charge is -2.24. The van der Waals surface area contributed by atoms with Gasteiger partial charge in [-0.2, -0.15) is 0 Å². The molecule has 0 aromatic carbocycles. The molecular formula is C11H14N2O3. The summed E-state index contributed by atoms with van der Waals surface area (Å²) in [5.41, 5.74) is -0.503. The normalized spacial score (nSPS) is 15.8. The van der Waals surface area contributed by atoms with Crippen LogP contribution in [0.25, 0.3) is 0 Å². The van der Waals surface area contributed by atoms with E-state index in [1.807, 2.05) is 0 Å². The minimum Gasteiger partial charge on any atom is -0.477 e. The lowest BCUT2D eigenvalue weighted by atomic mass is 9.83. The van der Waals surface area contributed by atoms with Gasteiger partial charge in [0.15, 0.2) is 0 Å². The van der Waals surface area contributed by atoms with Gasteiger partial charge in [-0.1, -0.05) is 19.3 Å². The molecular weight excluding hydrogens is 208 g/mol. The number of carboxylic acid groups (broad SMARTS) is 1. The van der Waals surface area contributed by atoms with Crippen LogP contribution in [0.15, 0.2) is 4.79 Å². The highest BCUT2D eigenvalue weighted by atomic mass is 16.4. The molecule has 1 saturated carbocycles. The molecule has 0 spiro atoms. The molecule has 0 saturated heterocycles. The summed E-state index contributed by atoms with van der Waals surface area (Å²) in [6, 6.07) is 0. The molecule has 1 aromatic heterocycles. The van der Waals surface area contributed by atoms with Crippen LogP contribution in [-0.4, -0.2) is 21.0 Å². The first kappa shape index (κ1) is 10.9. The number of nitrogens with zero attached hydrogens (tertiary/aromatic N) is 1. The van der Waals surface area contributed by atoms with Crippen molar-refractivity contribution in [1.82, 2.24) is 9.97 Å². The minimum absolute atomic E-state index is 0.252. The fraction of sp³-hybridized carbons (Fsp3) is 0.545. The van der Waals surface area contributed by atoms with E-state index in [4.69, 9.17) is 5.11 Å². The van der Waals surface area contributed by atoms with Crippen LogP contribution in [0.5, 0.6) is 0 Å². The molecule has 16 heavy (non-hydrogen) atoms. The number of nitrogens with one attached hydrogen (secondary N) is 1. The molecule has 1 aliphatic carbocycles. The molecule has 0 amide bonds. The molecule has 1 fully saturated rings. The summed E-state index contributed by atoms with van der Waals surface area (Å²) in [5, 5.41) is 8.82. The van der Waals surface area contributed by atoms with Gasteiger partial charge in [0.1, 0.15) is 11.4 Å². The second kappa shape index (κ2) is 4.08. The van der Waals surface area contributed by atoms with Gasteiger partial charge in [-0.05, 0) is 12.8 Å². The maximum absolute atomic E-state index is 11.5. The van der Waals surface area contributed by atoms with Crippen LogP contribution < -0.4 is 5.56 Å². The van der Waals surface area contributed by atoms with E-state index < -0.39 is 11.5 Å². The molecule has 86 valence electrons. The molecule has 1 heterocycles. The lowest BCUT2D eigenvalue weighted by molar-refractivity contribution is 0.0693. The smallest absolute Gasteiger partial charge is 0.343 e. The van der Waals surface area contributed by atoms with Crippen molar-refractivity contribution in [2.24, 2.45) is 5.92 Å². The van der Waals surface area contributed by atoms with E-state index in [1.165, 1.54) is 19.3 Å². The van der Waals surface area contributed by atoms with Crippen molar-refractivity contribution < 1.29 is 9.90 Å². The average molecular weight is 222 g/mol. The number of carbonyl (C=O) groups is 1. The second-order valence-corrected chi connectivity index (χ2v) is 4.28. The Morgan fingerprint density at radius 1 is 1.56 bits per heavy atom. The summed E-state index contributed by atoms with van der Waals surface area (Å²) in [6.45, 7) is 1.56. The second-order valence-electron chi connectivity index (χ2n) is 4.28. The molecule has 2 rings (SSSR count). The summed E-state index contributed by atoms with van der Waals surface area (Å²) in [7, 11) is 0. The van der Waals surface area contributed by atoms with Gasteiger partial charge in [-0.25, -0.2) is 9.78 Å². The summed E-state index contributed by atoms with van der Waals surface area (Å²) in [5.74, 6) is -0.0168. The van der Waals surface area contributed by atoms with Crippen molar-refractivity contribution in [2.45, 2.75) is 32.6 Å². The molecule has 0 bridgehead atoms. The topological polar surface area (TPSA) is 83.0 Å². The molecule has 0 aliphatic heterocycles. The molecule has 0 unspecified atom stereocenters. The number of carboxylic acids is 1. The highest BCUT2D eigenvalue weighted by Gasteiger charge is 2.20. The fourth-order valence-corrected chi connectivity index (χ4v) is 1.96. The Labute approximate surface area is 92.5 Å². The minimum atomic E-state index is -1.22. The van der Waals surface area contributed by atoms with Gasteiger partial charge in [-0.15, -0.1) is 0 Å². The van der Waals surface area contributed by atoms with Gasteiger partial charge in [0.25, 0.3) is 5.56 Å². The predicted molar refractivity (Wildman–Crippen MR) is 57.6 cm³/mol. The first-order chi connectivity index (χ1) is 7.58. The molecule has 5 nitrogen and oxygen atoms in total.